The Morgan fingerprint density at radius 3 is 2.46 bits per heavy atom. The van der Waals surface area contributed by atoms with Gasteiger partial charge in [0.15, 0.2) is 0 Å². The highest BCUT2D eigenvalue weighted by Gasteiger charge is 2.63. The second-order valence-electron chi connectivity index (χ2n) is 10.4. The first-order chi connectivity index (χ1) is 11.2. The second-order valence-corrected chi connectivity index (χ2v) is 10.4. The summed E-state index contributed by atoms with van der Waals surface area (Å²) >= 11 is 0. The van der Waals surface area contributed by atoms with Crippen molar-refractivity contribution < 1.29 is 5.11 Å². The maximum Gasteiger partial charge on any atom is 0.0675 e. The molecule has 0 aromatic carbocycles. The molecule has 0 bridgehead atoms. The third-order valence-electron chi connectivity index (χ3n) is 9.56. The molecule has 4 fully saturated rings. The van der Waals surface area contributed by atoms with Crippen LogP contribution in [0.1, 0.15) is 79.1 Å². The third-order valence-corrected chi connectivity index (χ3v) is 9.56. The normalized spacial score (nSPS) is 58.9. The van der Waals surface area contributed by atoms with Crippen LogP contribution in [0, 0.1) is 40.4 Å². The molecule has 8 atom stereocenters. The van der Waals surface area contributed by atoms with Crippen molar-refractivity contribution in [3.8, 4) is 0 Å². The number of hydrogen-bond donors (Lipinski definition) is 2. The van der Waals surface area contributed by atoms with Crippen molar-refractivity contribution in [2.45, 2.75) is 84.7 Å². The first-order valence-corrected chi connectivity index (χ1v) is 10.2. The Morgan fingerprint density at radius 1 is 1.04 bits per heavy atom. The molecule has 4 rings (SSSR count). The highest BCUT2D eigenvalue weighted by Crippen LogP contribution is 2.68. The van der Waals surface area contributed by atoms with Crippen LogP contribution in [-0.4, -0.2) is 16.4 Å². The molecule has 3 heteroatoms. The van der Waals surface area contributed by atoms with Gasteiger partial charge in [-0.05, 0) is 98.7 Å². The molecular formula is C21H36N2O. The van der Waals surface area contributed by atoms with Crippen molar-refractivity contribution in [2.24, 2.45) is 51.4 Å². The van der Waals surface area contributed by atoms with Crippen LogP contribution in [0.2, 0.25) is 0 Å². The molecule has 0 saturated heterocycles. The van der Waals surface area contributed by atoms with E-state index in [0.717, 1.165) is 36.5 Å². The summed E-state index contributed by atoms with van der Waals surface area (Å²) in [4.78, 5) is 0. The Morgan fingerprint density at radius 2 is 1.75 bits per heavy atom. The molecule has 0 aliphatic heterocycles. The van der Waals surface area contributed by atoms with Gasteiger partial charge in [0.05, 0.1) is 5.60 Å². The van der Waals surface area contributed by atoms with Gasteiger partial charge in [-0.3, -0.25) is 0 Å². The van der Waals surface area contributed by atoms with Gasteiger partial charge in [-0.1, -0.05) is 20.8 Å². The van der Waals surface area contributed by atoms with Crippen molar-refractivity contribution in [1.82, 2.24) is 0 Å². The Kier molecular flexibility index (Phi) is 3.67. The van der Waals surface area contributed by atoms with Crippen LogP contribution in [0.5, 0.6) is 0 Å². The predicted octanol–water partition coefficient (Wildman–Crippen LogP) is 4.34. The highest BCUT2D eigenvalue weighted by molar-refractivity contribution is 5.87. The van der Waals surface area contributed by atoms with E-state index in [2.05, 4.69) is 32.8 Å². The average Bonchev–Trinajstić information content (AvgIpc) is 2.76. The lowest BCUT2D eigenvalue weighted by molar-refractivity contribution is -0.142. The molecular weight excluding hydrogens is 296 g/mol. The number of aliphatic hydroxyl groups is 1. The van der Waals surface area contributed by atoms with Crippen LogP contribution in [0.4, 0.5) is 0 Å². The van der Waals surface area contributed by atoms with Crippen LogP contribution in [0.15, 0.2) is 5.10 Å². The predicted molar refractivity (Wildman–Crippen MR) is 98.5 cm³/mol. The molecule has 136 valence electrons. The lowest BCUT2D eigenvalue weighted by Crippen LogP contribution is -2.56. The number of fused-ring (bicyclic) bond motifs is 5. The zero-order chi connectivity index (χ0) is 17.3. The fourth-order valence-electron chi connectivity index (χ4n) is 7.84. The van der Waals surface area contributed by atoms with Crippen LogP contribution in [-0.2, 0) is 0 Å². The molecule has 4 aliphatic carbocycles. The number of nitrogens with zero attached hydrogens (tertiary/aromatic N) is 1. The van der Waals surface area contributed by atoms with E-state index in [1.54, 1.807) is 0 Å². The molecule has 4 aliphatic rings. The molecule has 0 aromatic rings. The minimum absolute atomic E-state index is 0.140. The zero-order valence-corrected chi connectivity index (χ0v) is 16.0. The largest absolute Gasteiger partial charge is 0.390 e. The minimum Gasteiger partial charge on any atom is -0.390 e. The van der Waals surface area contributed by atoms with Gasteiger partial charge in [-0.2, -0.15) is 5.10 Å². The van der Waals surface area contributed by atoms with E-state index in [0.29, 0.717) is 11.3 Å². The Bertz CT molecular complexity index is 556. The maximum absolute atomic E-state index is 11.0. The topological polar surface area (TPSA) is 58.6 Å². The number of hydrazone groups is 1. The van der Waals surface area contributed by atoms with E-state index in [9.17, 15) is 5.11 Å². The fraction of sp³-hybridized carbons (Fsp3) is 0.952. The van der Waals surface area contributed by atoms with E-state index in [1.165, 1.54) is 44.2 Å². The lowest BCUT2D eigenvalue weighted by Gasteiger charge is -2.61. The number of rotatable bonds is 0. The lowest BCUT2D eigenvalue weighted by atomic mass is 9.44. The van der Waals surface area contributed by atoms with E-state index in [-0.39, 0.29) is 5.41 Å². The summed E-state index contributed by atoms with van der Waals surface area (Å²) in [7, 11) is 0. The summed E-state index contributed by atoms with van der Waals surface area (Å²) in [6, 6.07) is 0. The van der Waals surface area contributed by atoms with E-state index in [1.807, 2.05) is 0 Å². The van der Waals surface area contributed by atoms with Gasteiger partial charge in [0.25, 0.3) is 0 Å². The molecule has 3 N–H and O–H groups in total. The van der Waals surface area contributed by atoms with E-state index < -0.39 is 5.60 Å². The van der Waals surface area contributed by atoms with Crippen molar-refractivity contribution in [3.63, 3.8) is 0 Å². The highest BCUT2D eigenvalue weighted by atomic mass is 16.3. The molecule has 0 amide bonds. The minimum atomic E-state index is -0.459. The molecule has 0 spiro atoms. The number of hydrogen-bond acceptors (Lipinski definition) is 3. The summed E-state index contributed by atoms with van der Waals surface area (Å²) < 4.78 is 0. The van der Waals surface area contributed by atoms with Gasteiger partial charge < -0.3 is 10.9 Å². The molecule has 3 nitrogen and oxygen atoms in total. The molecule has 0 radical (unpaired) electrons. The molecule has 24 heavy (non-hydrogen) atoms. The van der Waals surface area contributed by atoms with Gasteiger partial charge in [0, 0.05) is 5.71 Å². The maximum atomic E-state index is 11.0. The summed E-state index contributed by atoms with van der Waals surface area (Å²) in [6.45, 7) is 9.39. The second kappa shape index (κ2) is 5.22. The van der Waals surface area contributed by atoms with E-state index in [4.69, 9.17) is 5.84 Å². The SMILES string of the molecule is C[C@@H]1C[C@@]2(C)[C@H](CC[C@H]3[C@H]4CC[C@](C)(O)[C@@]4(C)CC[C@@H]32)CC1=NN. The van der Waals surface area contributed by atoms with E-state index >= 15 is 0 Å². The molecule has 0 aromatic heterocycles. The Balaban J connectivity index is 1.64. The summed E-state index contributed by atoms with van der Waals surface area (Å²) in [5.74, 6) is 9.36. The van der Waals surface area contributed by atoms with Crippen molar-refractivity contribution in [3.05, 3.63) is 0 Å². The third kappa shape index (κ3) is 2.03. The van der Waals surface area contributed by atoms with Gasteiger partial charge in [0.1, 0.15) is 0 Å². The first-order valence-electron chi connectivity index (χ1n) is 10.2. The standard InChI is InChI=1S/C21H36N2O/c1-13-12-19(2)14(11-18(13)23-22)5-6-15-16(19)7-9-20(3)17(15)8-10-21(20,4)24/h13-17,24H,5-12,22H2,1-4H3/t13-,14-,15-,16+,17-,19+,20+,21+/m1/s1. The van der Waals surface area contributed by atoms with Gasteiger partial charge in [-0.15, -0.1) is 0 Å². The van der Waals surface area contributed by atoms with Gasteiger partial charge in [0.2, 0.25) is 0 Å². The van der Waals surface area contributed by atoms with Crippen molar-refractivity contribution in [2.75, 3.05) is 0 Å². The van der Waals surface area contributed by atoms with Crippen LogP contribution in [0.25, 0.3) is 0 Å². The summed E-state index contributed by atoms with van der Waals surface area (Å²) in [6.07, 6.45) is 9.81. The molecule has 4 saturated carbocycles. The fourth-order valence-corrected chi connectivity index (χ4v) is 7.84. The zero-order valence-electron chi connectivity index (χ0n) is 16.0. The van der Waals surface area contributed by atoms with Crippen LogP contribution >= 0.6 is 0 Å². The smallest absolute Gasteiger partial charge is 0.0675 e. The van der Waals surface area contributed by atoms with Crippen molar-refractivity contribution >= 4 is 5.71 Å². The Hall–Kier alpha value is -0.570. The molecule has 0 heterocycles. The summed E-state index contributed by atoms with van der Waals surface area (Å²) in [5, 5.41) is 15.1. The Labute approximate surface area is 147 Å². The number of nitrogens with two attached hydrogens (primary N) is 1. The van der Waals surface area contributed by atoms with Crippen molar-refractivity contribution in [1.29, 1.82) is 0 Å². The van der Waals surface area contributed by atoms with Gasteiger partial charge >= 0.3 is 0 Å². The summed E-state index contributed by atoms with van der Waals surface area (Å²) in [5.41, 5.74) is 1.38. The van der Waals surface area contributed by atoms with Gasteiger partial charge in [-0.25, -0.2) is 0 Å². The average molecular weight is 333 g/mol. The quantitative estimate of drug-likeness (QED) is 0.512. The van der Waals surface area contributed by atoms with Crippen LogP contribution in [0.3, 0.4) is 0 Å². The molecule has 0 unspecified atom stereocenters. The monoisotopic (exact) mass is 332 g/mol. The van der Waals surface area contributed by atoms with Crippen LogP contribution < -0.4 is 5.84 Å². The first kappa shape index (κ1) is 16.9.